The number of oxazole rings is 1. The van der Waals surface area contributed by atoms with Crippen LogP contribution in [0.25, 0.3) is 11.5 Å². The molecule has 0 amide bonds. The van der Waals surface area contributed by atoms with Crippen molar-refractivity contribution in [3.8, 4) is 11.5 Å². The van der Waals surface area contributed by atoms with Crippen LogP contribution in [-0.2, 0) is 6.54 Å². The van der Waals surface area contributed by atoms with Crippen molar-refractivity contribution in [3.05, 3.63) is 66.7 Å². The van der Waals surface area contributed by atoms with E-state index in [9.17, 15) is 0 Å². The molecular formula is C19H20N4O. The van der Waals surface area contributed by atoms with Gasteiger partial charge in [-0.2, -0.15) is 0 Å². The highest BCUT2D eigenvalue weighted by molar-refractivity contribution is 5.52. The Morgan fingerprint density at radius 1 is 0.917 bits per heavy atom. The standard InChI is InChI=1S/C19H20N4O/c1-2-6-16(7-3-1)19-21-17(15-24-19)14-22-10-12-23(13-11-22)18-8-4-5-9-20-18/h1-9,15H,10-14H2. The third-order valence-corrected chi connectivity index (χ3v) is 4.30. The van der Waals surface area contributed by atoms with Gasteiger partial charge in [-0.1, -0.05) is 24.3 Å². The topological polar surface area (TPSA) is 45.4 Å². The molecule has 0 saturated carbocycles. The lowest BCUT2D eigenvalue weighted by atomic mass is 10.2. The molecule has 1 aliphatic heterocycles. The van der Waals surface area contributed by atoms with Gasteiger partial charge in [0, 0.05) is 44.5 Å². The van der Waals surface area contributed by atoms with Crippen molar-refractivity contribution in [3.63, 3.8) is 0 Å². The van der Waals surface area contributed by atoms with E-state index in [0.29, 0.717) is 5.89 Å². The van der Waals surface area contributed by atoms with Gasteiger partial charge in [-0.05, 0) is 24.3 Å². The Balaban J connectivity index is 1.35. The summed E-state index contributed by atoms with van der Waals surface area (Å²) in [6.45, 7) is 4.81. The lowest BCUT2D eigenvalue weighted by Crippen LogP contribution is -2.46. The van der Waals surface area contributed by atoms with Crippen molar-refractivity contribution in [2.75, 3.05) is 31.1 Å². The Labute approximate surface area is 141 Å². The summed E-state index contributed by atoms with van der Waals surface area (Å²) in [6, 6.07) is 16.1. The first-order valence-corrected chi connectivity index (χ1v) is 8.27. The van der Waals surface area contributed by atoms with Gasteiger partial charge in [0.15, 0.2) is 0 Å². The maximum atomic E-state index is 5.62. The zero-order chi connectivity index (χ0) is 16.2. The second-order valence-corrected chi connectivity index (χ2v) is 5.96. The van der Waals surface area contributed by atoms with Gasteiger partial charge in [0.05, 0.1) is 5.69 Å². The van der Waals surface area contributed by atoms with Crippen LogP contribution < -0.4 is 4.90 Å². The second kappa shape index (κ2) is 6.84. The average molecular weight is 320 g/mol. The Morgan fingerprint density at radius 2 is 1.71 bits per heavy atom. The van der Waals surface area contributed by atoms with Crippen molar-refractivity contribution >= 4 is 5.82 Å². The minimum absolute atomic E-state index is 0.692. The number of pyridine rings is 1. The molecule has 5 nitrogen and oxygen atoms in total. The van der Waals surface area contributed by atoms with Gasteiger partial charge in [-0.25, -0.2) is 9.97 Å². The predicted molar refractivity (Wildman–Crippen MR) is 93.7 cm³/mol. The summed E-state index contributed by atoms with van der Waals surface area (Å²) in [6.07, 6.45) is 3.62. The minimum Gasteiger partial charge on any atom is -0.444 e. The molecule has 1 fully saturated rings. The smallest absolute Gasteiger partial charge is 0.226 e. The van der Waals surface area contributed by atoms with Gasteiger partial charge in [0.1, 0.15) is 12.1 Å². The molecule has 0 bridgehead atoms. The summed E-state index contributed by atoms with van der Waals surface area (Å²) in [4.78, 5) is 13.8. The molecule has 5 heteroatoms. The van der Waals surface area contributed by atoms with Crippen molar-refractivity contribution in [1.29, 1.82) is 0 Å². The van der Waals surface area contributed by atoms with Crippen molar-refractivity contribution in [2.24, 2.45) is 0 Å². The van der Waals surface area contributed by atoms with Crippen LogP contribution in [0.4, 0.5) is 5.82 Å². The molecule has 0 radical (unpaired) electrons. The van der Waals surface area contributed by atoms with Crippen LogP contribution in [0.15, 0.2) is 65.4 Å². The van der Waals surface area contributed by atoms with Crippen LogP contribution in [0.1, 0.15) is 5.69 Å². The van der Waals surface area contributed by atoms with Crippen LogP contribution in [0.2, 0.25) is 0 Å². The largest absolute Gasteiger partial charge is 0.444 e. The van der Waals surface area contributed by atoms with E-state index in [-0.39, 0.29) is 0 Å². The molecule has 24 heavy (non-hydrogen) atoms. The summed E-state index contributed by atoms with van der Waals surface area (Å²) in [7, 11) is 0. The van der Waals surface area contributed by atoms with E-state index in [1.54, 1.807) is 6.26 Å². The van der Waals surface area contributed by atoms with Crippen LogP contribution in [0.5, 0.6) is 0 Å². The normalized spacial score (nSPS) is 15.6. The zero-order valence-electron chi connectivity index (χ0n) is 13.5. The monoisotopic (exact) mass is 320 g/mol. The lowest BCUT2D eigenvalue weighted by molar-refractivity contribution is 0.246. The number of aromatic nitrogens is 2. The second-order valence-electron chi connectivity index (χ2n) is 5.96. The molecule has 1 saturated heterocycles. The van der Waals surface area contributed by atoms with E-state index in [0.717, 1.165) is 49.8 Å². The fourth-order valence-electron chi connectivity index (χ4n) is 3.00. The third kappa shape index (κ3) is 3.31. The Hall–Kier alpha value is -2.66. The van der Waals surface area contributed by atoms with Gasteiger partial charge in [-0.3, -0.25) is 4.90 Å². The molecule has 0 N–H and O–H groups in total. The van der Waals surface area contributed by atoms with E-state index in [4.69, 9.17) is 4.42 Å². The van der Waals surface area contributed by atoms with Crippen molar-refractivity contribution < 1.29 is 4.42 Å². The SMILES string of the molecule is c1ccc(-c2nc(CN3CCN(c4ccccn4)CC3)co2)cc1. The first-order chi connectivity index (χ1) is 11.9. The first kappa shape index (κ1) is 14.9. The maximum Gasteiger partial charge on any atom is 0.226 e. The minimum atomic E-state index is 0.692. The number of anilines is 1. The first-order valence-electron chi connectivity index (χ1n) is 8.27. The quantitative estimate of drug-likeness (QED) is 0.739. The molecule has 4 rings (SSSR count). The molecular weight excluding hydrogens is 300 g/mol. The van der Waals surface area contributed by atoms with E-state index >= 15 is 0 Å². The van der Waals surface area contributed by atoms with Gasteiger partial charge < -0.3 is 9.32 Å². The zero-order valence-corrected chi connectivity index (χ0v) is 13.5. The molecule has 1 aromatic carbocycles. The molecule has 1 aliphatic rings. The highest BCUT2D eigenvalue weighted by Gasteiger charge is 2.19. The molecule has 122 valence electrons. The molecule has 2 aromatic heterocycles. The van der Waals surface area contributed by atoms with Crippen LogP contribution >= 0.6 is 0 Å². The summed E-state index contributed by atoms with van der Waals surface area (Å²) in [5, 5.41) is 0. The van der Waals surface area contributed by atoms with Gasteiger partial charge in [-0.15, -0.1) is 0 Å². The maximum absolute atomic E-state index is 5.62. The van der Waals surface area contributed by atoms with Crippen LogP contribution in [0.3, 0.4) is 0 Å². The van der Waals surface area contributed by atoms with E-state index in [2.05, 4.69) is 25.8 Å². The average Bonchev–Trinajstić information content (AvgIpc) is 3.12. The highest BCUT2D eigenvalue weighted by Crippen LogP contribution is 2.19. The Morgan fingerprint density at radius 3 is 2.46 bits per heavy atom. The van der Waals surface area contributed by atoms with Gasteiger partial charge >= 0.3 is 0 Å². The number of hydrogen-bond acceptors (Lipinski definition) is 5. The number of benzene rings is 1. The molecule has 0 aliphatic carbocycles. The molecule has 3 heterocycles. The summed E-state index contributed by atoms with van der Waals surface area (Å²) < 4.78 is 5.62. The van der Waals surface area contributed by atoms with Gasteiger partial charge in [0.2, 0.25) is 5.89 Å². The van der Waals surface area contributed by atoms with Crippen molar-refractivity contribution in [2.45, 2.75) is 6.54 Å². The Bertz CT molecular complexity index is 764. The molecule has 0 spiro atoms. The number of piperazine rings is 1. The van der Waals surface area contributed by atoms with E-state index in [1.165, 1.54) is 0 Å². The van der Waals surface area contributed by atoms with E-state index < -0.39 is 0 Å². The van der Waals surface area contributed by atoms with E-state index in [1.807, 2.05) is 48.7 Å². The molecule has 0 unspecified atom stereocenters. The van der Waals surface area contributed by atoms with Crippen molar-refractivity contribution in [1.82, 2.24) is 14.9 Å². The lowest BCUT2D eigenvalue weighted by Gasteiger charge is -2.34. The summed E-state index contributed by atoms with van der Waals surface area (Å²) in [5.41, 5.74) is 2.00. The molecule has 3 aromatic rings. The fourth-order valence-corrected chi connectivity index (χ4v) is 3.00. The van der Waals surface area contributed by atoms with Crippen LogP contribution in [0, 0.1) is 0 Å². The predicted octanol–water partition coefficient (Wildman–Crippen LogP) is 3.06. The molecule has 0 atom stereocenters. The number of rotatable bonds is 4. The Kier molecular flexibility index (Phi) is 4.25. The van der Waals surface area contributed by atoms with Crippen LogP contribution in [-0.4, -0.2) is 41.0 Å². The van der Waals surface area contributed by atoms with Gasteiger partial charge in [0.25, 0.3) is 0 Å². The number of nitrogens with zero attached hydrogens (tertiary/aromatic N) is 4. The number of hydrogen-bond donors (Lipinski definition) is 0. The summed E-state index contributed by atoms with van der Waals surface area (Å²) >= 11 is 0. The summed E-state index contributed by atoms with van der Waals surface area (Å²) in [5.74, 6) is 1.75. The fraction of sp³-hybridized carbons (Fsp3) is 0.263. The third-order valence-electron chi connectivity index (χ3n) is 4.30. The highest BCUT2D eigenvalue weighted by atomic mass is 16.3.